The smallest absolute Gasteiger partial charge is 0.221 e. The van der Waals surface area contributed by atoms with E-state index in [1.54, 1.807) is 9.36 Å². The molecular formula is C15H21N5OS. The van der Waals surface area contributed by atoms with E-state index in [0.717, 1.165) is 37.2 Å². The number of hydrogen-bond donors (Lipinski definition) is 1. The summed E-state index contributed by atoms with van der Waals surface area (Å²) in [5, 5.41) is 18.0. The van der Waals surface area contributed by atoms with Crippen LogP contribution in [0.2, 0.25) is 0 Å². The van der Waals surface area contributed by atoms with Gasteiger partial charge in [0.05, 0.1) is 18.5 Å². The van der Waals surface area contributed by atoms with E-state index in [1.807, 2.05) is 12.1 Å². The number of piperidine rings is 1. The van der Waals surface area contributed by atoms with Gasteiger partial charge in [-0.1, -0.05) is 12.1 Å². The Kier molecular flexibility index (Phi) is 4.37. The zero-order valence-electron chi connectivity index (χ0n) is 12.9. The van der Waals surface area contributed by atoms with Gasteiger partial charge >= 0.3 is 0 Å². The molecule has 0 spiro atoms. The second-order valence-corrected chi connectivity index (χ2v) is 6.25. The lowest BCUT2D eigenvalue weighted by Crippen LogP contribution is -2.37. The largest absolute Gasteiger partial charge is 0.393 e. The summed E-state index contributed by atoms with van der Waals surface area (Å²) in [6, 6.07) is 6.09. The molecule has 0 aliphatic carbocycles. The number of nitrogens with zero attached hydrogens (tertiary/aromatic N) is 5. The number of benzene rings is 1. The van der Waals surface area contributed by atoms with Gasteiger partial charge in [-0.2, -0.15) is 4.68 Å². The number of likely N-dealkylation sites (tertiary alicyclic amines) is 1. The summed E-state index contributed by atoms with van der Waals surface area (Å²) in [7, 11) is 0. The van der Waals surface area contributed by atoms with Crippen LogP contribution in [0.4, 0.5) is 0 Å². The first kappa shape index (κ1) is 15.3. The predicted molar refractivity (Wildman–Crippen MR) is 86.5 cm³/mol. The molecular weight excluding hydrogens is 298 g/mol. The van der Waals surface area contributed by atoms with Crippen LogP contribution in [0.1, 0.15) is 24.0 Å². The fraction of sp³-hybridized carbons (Fsp3) is 0.533. The molecule has 1 N–H and O–H groups in total. The summed E-state index contributed by atoms with van der Waals surface area (Å²) < 4.78 is 4.06. The Hall–Kier alpha value is -1.57. The highest BCUT2D eigenvalue weighted by molar-refractivity contribution is 7.71. The van der Waals surface area contributed by atoms with E-state index in [0.29, 0.717) is 11.4 Å². The van der Waals surface area contributed by atoms with Crippen molar-refractivity contribution in [1.82, 2.24) is 24.7 Å². The molecule has 0 radical (unpaired) electrons. The Balaban J connectivity index is 1.83. The number of aliphatic hydroxyl groups is 1. The van der Waals surface area contributed by atoms with Gasteiger partial charge in [-0.05, 0) is 66.5 Å². The highest BCUT2D eigenvalue weighted by Crippen LogP contribution is 2.17. The molecule has 118 valence electrons. The Morgan fingerprint density at radius 1 is 1.23 bits per heavy atom. The van der Waals surface area contributed by atoms with E-state index in [4.69, 9.17) is 12.2 Å². The van der Waals surface area contributed by atoms with Gasteiger partial charge in [-0.25, -0.2) is 4.68 Å². The van der Waals surface area contributed by atoms with Crippen molar-refractivity contribution in [2.75, 3.05) is 13.1 Å². The second-order valence-electron chi connectivity index (χ2n) is 5.88. The monoisotopic (exact) mass is 319 g/mol. The van der Waals surface area contributed by atoms with E-state index in [2.05, 4.69) is 35.2 Å². The molecule has 0 atom stereocenters. The zero-order chi connectivity index (χ0) is 15.7. The maximum absolute atomic E-state index is 9.57. The maximum atomic E-state index is 9.57. The van der Waals surface area contributed by atoms with Crippen molar-refractivity contribution >= 4 is 12.2 Å². The Morgan fingerprint density at radius 3 is 2.68 bits per heavy atom. The van der Waals surface area contributed by atoms with Crippen molar-refractivity contribution in [1.29, 1.82) is 0 Å². The van der Waals surface area contributed by atoms with Crippen molar-refractivity contribution in [3.8, 4) is 5.69 Å². The molecule has 1 saturated heterocycles. The molecule has 0 saturated carbocycles. The van der Waals surface area contributed by atoms with Crippen molar-refractivity contribution in [2.45, 2.75) is 39.5 Å². The van der Waals surface area contributed by atoms with Gasteiger partial charge in [-0.3, -0.25) is 4.90 Å². The predicted octanol–water partition coefficient (Wildman–Crippen LogP) is 1.83. The fourth-order valence-electron chi connectivity index (χ4n) is 2.73. The number of aryl methyl sites for hydroxylation is 1. The van der Waals surface area contributed by atoms with Gasteiger partial charge in [-0.15, -0.1) is 0 Å². The van der Waals surface area contributed by atoms with Crippen LogP contribution in [0.3, 0.4) is 0 Å². The molecule has 0 amide bonds. The average Bonchev–Trinajstić information content (AvgIpc) is 2.86. The number of rotatable bonds is 3. The Labute approximate surface area is 135 Å². The lowest BCUT2D eigenvalue weighted by molar-refractivity contribution is 0.0647. The highest BCUT2D eigenvalue weighted by Gasteiger charge is 2.18. The van der Waals surface area contributed by atoms with E-state index < -0.39 is 0 Å². The first-order chi connectivity index (χ1) is 10.6. The van der Waals surface area contributed by atoms with E-state index in [9.17, 15) is 5.11 Å². The lowest BCUT2D eigenvalue weighted by atomic mass is 10.1. The fourth-order valence-corrected chi connectivity index (χ4v) is 2.96. The second kappa shape index (κ2) is 6.28. The number of hydrogen-bond acceptors (Lipinski definition) is 5. The standard InChI is InChI=1S/C15H21N5OS/c1-11-4-3-5-14(12(11)2)20-15(22)19(16-17-20)10-18-8-6-13(21)7-9-18/h3-5,13,21H,6-10H2,1-2H3. The molecule has 2 aromatic rings. The molecule has 7 heteroatoms. The molecule has 3 rings (SSSR count). The molecule has 6 nitrogen and oxygen atoms in total. The minimum Gasteiger partial charge on any atom is -0.393 e. The zero-order valence-corrected chi connectivity index (χ0v) is 13.8. The minimum atomic E-state index is -0.171. The lowest BCUT2D eigenvalue weighted by Gasteiger charge is -2.28. The third-order valence-corrected chi connectivity index (χ3v) is 4.72. The van der Waals surface area contributed by atoms with Crippen molar-refractivity contribution in [2.24, 2.45) is 0 Å². The molecule has 1 aromatic carbocycles. The molecule has 0 bridgehead atoms. The highest BCUT2D eigenvalue weighted by atomic mass is 32.1. The van der Waals surface area contributed by atoms with Crippen LogP contribution in [0, 0.1) is 18.6 Å². The summed E-state index contributed by atoms with van der Waals surface area (Å²) in [6.45, 7) is 6.48. The molecule has 2 heterocycles. The average molecular weight is 319 g/mol. The molecule has 1 fully saturated rings. The van der Waals surface area contributed by atoms with Crippen LogP contribution in [-0.4, -0.2) is 49.0 Å². The topological polar surface area (TPSA) is 59.1 Å². The third kappa shape index (κ3) is 2.97. The summed E-state index contributed by atoms with van der Waals surface area (Å²) >= 11 is 5.53. The van der Waals surface area contributed by atoms with E-state index in [1.165, 1.54) is 5.56 Å². The quantitative estimate of drug-likeness (QED) is 0.875. The molecule has 0 unspecified atom stereocenters. The summed E-state index contributed by atoms with van der Waals surface area (Å²) in [6.07, 6.45) is 1.44. The van der Waals surface area contributed by atoms with Crippen LogP contribution < -0.4 is 0 Å². The first-order valence-corrected chi connectivity index (χ1v) is 7.97. The van der Waals surface area contributed by atoms with Gasteiger partial charge in [0.25, 0.3) is 0 Å². The number of aromatic nitrogens is 4. The Bertz CT molecular complexity index is 715. The summed E-state index contributed by atoms with van der Waals surface area (Å²) in [5.41, 5.74) is 3.34. The van der Waals surface area contributed by atoms with Gasteiger partial charge < -0.3 is 5.11 Å². The van der Waals surface area contributed by atoms with Gasteiger partial charge in [0.2, 0.25) is 4.77 Å². The van der Waals surface area contributed by atoms with E-state index >= 15 is 0 Å². The molecule has 22 heavy (non-hydrogen) atoms. The van der Waals surface area contributed by atoms with E-state index in [-0.39, 0.29) is 6.10 Å². The molecule has 1 aromatic heterocycles. The van der Waals surface area contributed by atoms with Crippen LogP contribution in [-0.2, 0) is 6.67 Å². The molecule has 1 aliphatic heterocycles. The van der Waals surface area contributed by atoms with Crippen molar-refractivity contribution < 1.29 is 5.11 Å². The SMILES string of the molecule is Cc1cccc(-n2nnn(CN3CCC(O)CC3)c2=S)c1C. The van der Waals surface area contributed by atoms with Crippen LogP contribution in [0.15, 0.2) is 18.2 Å². The normalized spacial score (nSPS) is 17.0. The molecule has 1 aliphatic rings. The van der Waals surface area contributed by atoms with Crippen LogP contribution in [0.5, 0.6) is 0 Å². The van der Waals surface area contributed by atoms with Gasteiger partial charge in [0.15, 0.2) is 0 Å². The summed E-state index contributed by atoms with van der Waals surface area (Å²) in [5.74, 6) is 0. The Morgan fingerprint density at radius 2 is 1.95 bits per heavy atom. The summed E-state index contributed by atoms with van der Waals surface area (Å²) in [4.78, 5) is 2.24. The van der Waals surface area contributed by atoms with Gasteiger partial charge in [0.1, 0.15) is 0 Å². The first-order valence-electron chi connectivity index (χ1n) is 7.56. The number of tetrazole rings is 1. The maximum Gasteiger partial charge on any atom is 0.221 e. The minimum absolute atomic E-state index is 0.171. The number of aliphatic hydroxyl groups excluding tert-OH is 1. The van der Waals surface area contributed by atoms with Crippen LogP contribution >= 0.6 is 12.2 Å². The third-order valence-electron chi connectivity index (χ3n) is 4.33. The van der Waals surface area contributed by atoms with Crippen LogP contribution in [0.25, 0.3) is 5.69 Å². The van der Waals surface area contributed by atoms with Crippen molar-refractivity contribution in [3.63, 3.8) is 0 Å². The van der Waals surface area contributed by atoms with Crippen molar-refractivity contribution in [3.05, 3.63) is 34.1 Å². The van der Waals surface area contributed by atoms with Gasteiger partial charge in [0, 0.05) is 13.1 Å².